The highest BCUT2D eigenvalue weighted by Gasteiger charge is 2.24. The average Bonchev–Trinajstić information content (AvgIpc) is 3.17. The van der Waals surface area contributed by atoms with Crippen LogP contribution in [0.2, 0.25) is 0 Å². The van der Waals surface area contributed by atoms with Crippen LogP contribution in [0.5, 0.6) is 0 Å². The van der Waals surface area contributed by atoms with Crippen molar-refractivity contribution < 1.29 is 4.74 Å². The third-order valence-corrected chi connectivity index (χ3v) is 5.55. The fourth-order valence-electron chi connectivity index (χ4n) is 2.57. The van der Waals surface area contributed by atoms with E-state index in [9.17, 15) is 0 Å². The molecule has 21 heavy (non-hydrogen) atoms. The minimum atomic E-state index is 0.319. The highest BCUT2D eigenvalue weighted by molar-refractivity contribution is 7.15. The number of hydrogen-bond acceptors (Lipinski definition) is 7. The molecule has 3 rings (SSSR count). The van der Waals surface area contributed by atoms with E-state index < -0.39 is 0 Å². The van der Waals surface area contributed by atoms with Gasteiger partial charge < -0.3 is 15.4 Å². The predicted octanol–water partition coefficient (Wildman–Crippen LogP) is 3.16. The number of nitrogens with two attached hydrogens (primary N) is 1. The lowest BCUT2D eigenvalue weighted by atomic mass is 10.2. The fourth-order valence-corrected chi connectivity index (χ4v) is 4.37. The number of anilines is 2. The first kappa shape index (κ1) is 14.7. The first-order valence-electron chi connectivity index (χ1n) is 7.23. The third-order valence-electron chi connectivity index (χ3n) is 3.65. The molecule has 2 aromatic heterocycles. The molecular formula is C14H20N4OS2. The molecule has 0 bridgehead atoms. The van der Waals surface area contributed by atoms with Crippen molar-refractivity contribution in [1.82, 2.24) is 9.36 Å². The van der Waals surface area contributed by atoms with Crippen LogP contribution in [0.3, 0.4) is 0 Å². The van der Waals surface area contributed by atoms with Gasteiger partial charge in [0.15, 0.2) is 0 Å². The van der Waals surface area contributed by atoms with Crippen molar-refractivity contribution in [3.05, 3.63) is 11.1 Å². The summed E-state index contributed by atoms with van der Waals surface area (Å²) in [4.78, 5) is 6.89. The number of aryl methyl sites for hydroxylation is 1. The second-order valence-corrected chi connectivity index (χ2v) is 6.83. The van der Waals surface area contributed by atoms with Crippen molar-refractivity contribution >= 4 is 33.7 Å². The number of aromatic nitrogens is 2. The number of nitrogen functional groups attached to an aromatic ring is 1. The summed E-state index contributed by atoms with van der Waals surface area (Å²) >= 11 is 3.08. The lowest BCUT2D eigenvalue weighted by molar-refractivity contribution is 0.116. The molecular weight excluding hydrogens is 304 g/mol. The quantitative estimate of drug-likeness (QED) is 0.915. The van der Waals surface area contributed by atoms with Gasteiger partial charge in [-0.3, -0.25) is 0 Å². The van der Waals surface area contributed by atoms with Crippen LogP contribution in [-0.2, 0) is 4.74 Å². The van der Waals surface area contributed by atoms with E-state index in [1.165, 1.54) is 11.5 Å². The maximum Gasteiger partial charge on any atom is 0.149 e. The standard InChI is InChI=1S/C14H20N4OS2/c1-3-18(7-10-5-4-6-19-10)14-11(12(15)17-21-14)13-16-9(2)8-20-13/h8,10H,3-7H2,1-2H3,(H2,15,17). The van der Waals surface area contributed by atoms with Gasteiger partial charge in [-0.1, -0.05) is 0 Å². The van der Waals surface area contributed by atoms with Gasteiger partial charge >= 0.3 is 0 Å². The predicted molar refractivity (Wildman–Crippen MR) is 89.2 cm³/mol. The Morgan fingerprint density at radius 3 is 3.00 bits per heavy atom. The normalized spacial score (nSPS) is 18.3. The summed E-state index contributed by atoms with van der Waals surface area (Å²) in [7, 11) is 0. The first-order valence-corrected chi connectivity index (χ1v) is 8.88. The minimum absolute atomic E-state index is 0.319. The number of likely N-dealkylation sites (N-methyl/N-ethyl adjacent to an activating group) is 1. The molecule has 1 aliphatic rings. The van der Waals surface area contributed by atoms with Crippen molar-refractivity contribution in [2.45, 2.75) is 32.8 Å². The van der Waals surface area contributed by atoms with Crippen LogP contribution in [0.15, 0.2) is 5.38 Å². The zero-order valence-corrected chi connectivity index (χ0v) is 14.0. The van der Waals surface area contributed by atoms with Gasteiger partial charge in [0.2, 0.25) is 0 Å². The summed E-state index contributed by atoms with van der Waals surface area (Å²) in [5, 5.41) is 4.12. The maximum absolute atomic E-state index is 6.09. The Balaban J connectivity index is 1.89. The van der Waals surface area contributed by atoms with E-state index in [2.05, 4.69) is 21.2 Å². The second-order valence-electron chi connectivity index (χ2n) is 5.22. The molecule has 0 saturated carbocycles. The highest BCUT2D eigenvalue weighted by atomic mass is 32.1. The van der Waals surface area contributed by atoms with Gasteiger partial charge in [0, 0.05) is 30.8 Å². The van der Waals surface area contributed by atoms with Gasteiger partial charge in [-0.15, -0.1) is 11.3 Å². The molecule has 1 saturated heterocycles. The van der Waals surface area contributed by atoms with E-state index in [4.69, 9.17) is 10.5 Å². The number of rotatable bonds is 5. The number of hydrogen-bond donors (Lipinski definition) is 1. The fraction of sp³-hybridized carbons (Fsp3) is 0.571. The number of nitrogens with zero attached hydrogens (tertiary/aromatic N) is 3. The molecule has 0 spiro atoms. The van der Waals surface area contributed by atoms with E-state index in [1.54, 1.807) is 11.3 Å². The molecule has 0 amide bonds. The molecule has 0 aromatic carbocycles. The molecule has 1 fully saturated rings. The highest BCUT2D eigenvalue weighted by Crippen LogP contribution is 2.40. The summed E-state index contributed by atoms with van der Waals surface area (Å²) < 4.78 is 10.1. The zero-order chi connectivity index (χ0) is 14.8. The smallest absolute Gasteiger partial charge is 0.149 e. The van der Waals surface area contributed by atoms with Crippen LogP contribution in [0, 0.1) is 6.92 Å². The Hall–Kier alpha value is -1.18. The second kappa shape index (κ2) is 6.29. The van der Waals surface area contributed by atoms with Crippen molar-refractivity contribution in [3.63, 3.8) is 0 Å². The topological polar surface area (TPSA) is 64.3 Å². The molecule has 7 heteroatoms. The van der Waals surface area contributed by atoms with Crippen molar-refractivity contribution in [2.75, 3.05) is 30.3 Å². The van der Waals surface area contributed by atoms with E-state index in [-0.39, 0.29) is 0 Å². The lowest BCUT2D eigenvalue weighted by Gasteiger charge is -2.25. The lowest BCUT2D eigenvalue weighted by Crippen LogP contribution is -2.31. The molecule has 0 aliphatic carbocycles. The van der Waals surface area contributed by atoms with Crippen LogP contribution < -0.4 is 10.6 Å². The van der Waals surface area contributed by atoms with Crippen LogP contribution in [0.4, 0.5) is 10.8 Å². The largest absolute Gasteiger partial charge is 0.382 e. The molecule has 1 unspecified atom stereocenters. The van der Waals surface area contributed by atoms with Crippen LogP contribution in [0.25, 0.3) is 10.6 Å². The van der Waals surface area contributed by atoms with Crippen LogP contribution in [-0.4, -0.2) is 35.2 Å². The molecule has 3 heterocycles. The Morgan fingerprint density at radius 2 is 2.38 bits per heavy atom. The first-order chi connectivity index (χ1) is 10.2. The number of ether oxygens (including phenoxy) is 1. The molecule has 1 atom stereocenters. The number of thiazole rings is 1. The average molecular weight is 324 g/mol. The van der Waals surface area contributed by atoms with Gasteiger partial charge in [0.25, 0.3) is 0 Å². The Bertz CT molecular complexity index is 604. The zero-order valence-electron chi connectivity index (χ0n) is 12.3. The Kier molecular flexibility index (Phi) is 4.42. The molecule has 0 radical (unpaired) electrons. The van der Waals surface area contributed by atoms with Crippen molar-refractivity contribution in [1.29, 1.82) is 0 Å². The van der Waals surface area contributed by atoms with Gasteiger partial charge in [-0.2, -0.15) is 4.37 Å². The SMILES string of the molecule is CCN(CC1CCCO1)c1snc(N)c1-c1nc(C)cs1. The Morgan fingerprint density at radius 1 is 1.52 bits per heavy atom. The molecule has 2 aromatic rings. The van der Waals surface area contributed by atoms with E-state index in [0.717, 1.165) is 53.8 Å². The van der Waals surface area contributed by atoms with E-state index >= 15 is 0 Å². The van der Waals surface area contributed by atoms with Crippen LogP contribution in [0.1, 0.15) is 25.5 Å². The molecule has 5 nitrogen and oxygen atoms in total. The summed E-state index contributed by atoms with van der Waals surface area (Å²) in [5.41, 5.74) is 8.10. The maximum atomic E-state index is 6.09. The monoisotopic (exact) mass is 324 g/mol. The third kappa shape index (κ3) is 3.04. The van der Waals surface area contributed by atoms with E-state index in [0.29, 0.717) is 11.9 Å². The van der Waals surface area contributed by atoms with Gasteiger partial charge in [0.1, 0.15) is 15.8 Å². The molecule has 1 aliphatic heterocycles. The van der Waals surface area contributed by atoms with Crippen LogP contribution >= 0.6 is 22.9 Å². The van der Waals surface area contributed by atoms with Gasteiger partial charge in [0.05, 0.1) is 11.7 Å². The van der Waals surface area contributed by atoms with Crippen molar-refractivity contribution in [2.24, 2.45) is 0 Å². The molecule has 2 N–H and O–H groups in total. The molecule has 114 valence electrons. The van der Waals surface area contributed by atoms with E-state index in [1.807, 2.05) is 12.3 Å². The summed E-state index contributed by atoms with van der Waals surface area (Å²) in [6.45, 7) is 6.85. The van der Waals surface area contributed by atoms with Crippen molar-refractivity contribution in [3.8, 4) is 10.6 Å². The summed E-state index contributed by atoms with van der Waals surface area (Å²) in [5.74, 6) is 0.579. The summed E-state index contributed by atoms with van der Waals surface area (Å²) in [6, 6.07) is 0. The minimum Gasteiger partial charge on any atom is -0.382 e. The Labute approximate surface area is 132 Å². The van der Waals surface area contributed by atoms with Gasteiger partial charge in [-0.25, -0.2) is 4.98 Å². The van der Waals surface area contributed by atoms with Gasteiger partial charge in [-0.05, 0) is 38.2 Å². The summed E-state index contributed by atoms with van der Waals surface area (Å²) in [6.07, 6.45) is 2.61.